The first-order valence-electron chi connectivity index (χ1n) is 6.79. The largest absolute Gasteiger partial charge is 0.497 e. The predicted octanol–water partition coefficient (Wildman–Crippen LogP) is 1.44. The number of hydrogen-bond acceptors (Lipinski definition) is 4. The van der Waals surface area contributed by atoms with Gasteiger partial charge in [-0.1, -0.05) is 5.92 Å². The number of nitrogens with one attached hydrogen (secondary N) is 1. The molecule has 3 rings (SSSR count). The van der Waals surface area contributed by atoms with Crippen molar-refractivity contribution >= 4 is 0 Å². The Morgan fingerprint density at radius 1 is 1.14 bits per heavy atom. The first-order chi connectivity index (χ1) is 10.3. The Kier molecular flexibility index (Phi) is 3.80. The van der Waals surface area contributed by atoms with E-state index in [2.05, 4.69) is 22.3 Å². The second-order valence-corrected chi connectivity index (χ2v) is 4.84. The zero-order valence-electron chi connectivity index (χ0n) is 12.1. The zero-order valence-corrected chi connectivity index (χ0v) is 12.1. The fraction of sp³-hybridized carbons (Fsp3) is 0.312. The van der Waals surface area contributed by atoms with E-state index < -0.39 is 0 Å². The minimum Gasteiger partial charge on any atom is -0.497 e. The third-order valence-electron chi connectivity index (χ3n) is 3.43. The van der Waals surface area contributed by atoms with Crippen molar-refractivity contribution < 1.29 is 9.47 Å². The fourth-order valence-corrected chi connectivity index (χ4v) is 2.08. The molecule has 0 amide bonds. The Morgan fingerprint density at radius 3 is 2.43 bits per heavy atom. The zero-order chi connectivity index (χ0) is 14.7. The lowest BCUT2D eigenvalue weighted by atomic mass is 10.2. The van der Waals surface area contributed by atoms with Gasteiger partial charge in [-0.05, 0) is 24.1 Å². The molecule has 1 aromatic carbocycles. The summed E-state index contributed by atoms with van der Waals surface area (Å²) >= 11 is 0. The van der Waals surface area contributed by atoms with Gasteiger partial charge in [0.25, 0.3) is 0 Å². The van der Waals surface area contributed by atoms with Crippen LogP contribution < -0.4 is 14.8 Å². The fourth-order valence-electron chi connectivity index (χ4n) is 2.08. The average Bonchev–Trinajstić information content (AvgIpc) is 2.91. The topological polar surface area (TPSA) is 48.3 Å². The van der Waals surface area contributed by atoms with Crippen LogP contribution in [0.4, 0.5) is 0 Å². The van der Waals surface area contributed by atoms with Crippen LogP contribution in [0.5, 0.6) is 11.5 Å². The van der Waals surface area contributed by atoms with Crippen LogP contribution in [-0.2, 0) is 0 Å². The molecule has 1 fully saturated rings. The molecule has 0 spiro atoms. The maximum atomic E-state index is 5.23. The van der Waals surface area contributed by atoms with Crippen molar-refractivity contribution in [3.63, 3.8) is 0 Å². The Balaban J connectivity index is 1.81. The maximum absolute atomic E-state index is 5.23. The molecule has 1 aliphatic rings. The van der Waals surface area contributed by atoms with Crippen molar-refractivity contribution in [1.29, 1.82) is 0 Å². The number of aromatic nitrogens is 2. The molecular formula is C16H17N3O2. The van der Waals surface area contributed by atoms with Crippen LogP contribution in [-0.4, -0.2) is 37.1 Å². The molecule has 1 N–H and O–H groups in total. The molecule has 108 valence electrons. The molecule has 5 heteroatoms. The molecule has 5 nitrogen and oxygen atoms in total. The van der Waals surface area contributed by atoms with E-state index in [1.807, 2.05) is 35.1 Å². The summed E-state index contributed by atoms with van der Waals surface area (Å²) in [6.45, 7) is 1.95. The minimum absolute atomic E-state index is 0.456. The Bertz CT molecular complexity index is 671. The van der Waals surface area contributed by atoms with Crippen LogP contribution in [0, 0.1) is 11.8 Å². The minimum atomic E-state index is 0.456. The molecule has 1 saturated heterocycles. The summed E-state index contributed by atoms with van der Waals surface area (Å²) in [5.74, 6) is 7.62. The summed E-state index contributed by atoms with van der Waals surface area (Å²) in [6, 6.07) is 7.97. The highest BCUT2D eigenvalue weighted by atomic mass is 16.5. The lowest BCUT2D eigenvalue weighted by Gasteiger charge is -2.27. The number of rotatable bonds is 3. The summed E-state index contributed by atoms with van der Waals surface area (Å²) in [6.07, 6.45) is 1.97. The smallest absolute Gasteiger partial charge is 0.135 e. The summed E-state index contributed by atoms with van der Waals surface area (Å²) in [4.78, 5) is 0. The molecule has 0 radical (unpaired) electrons. The highest BCUT2D eigenvalue weighted by molar-refractivity contribution is 5.48. The normalized spacial score (nSPS) is 14.0. The van der Waals surface area contributed by atoms with Crippen molar-refractivity contribution in [3.05, 3.63) is 41.7 Å². The van der Waals surface area contributed by atoms with Crippen LogP contribution in [0.25, 0.3) is 0 Å². The number of methoxy groups -OCH3 is 2. The van der Waals surface area contributed by atoms with Gasteiger partial charge in [0.15, 0.2) is 0 Å². The van der Waals surface area contributed by atoms with Crippen LogP contribution in [0.2, 0.25) is 0 Å². The van der Waals surface area contributed by atoms with E-state index in [9.17, 15) is 0 Å². The molecule has 1 aromatic heterocycles. The number of benzene rings is 1. The summed E-state index contributed by atoms with van der Waals surface area (Å²) in [5.41, 5.74) is 1.61. The van der Waals surface area contributed by atoms with Crippen LogP contribution >= 0.6 is 0 Å². The van der Waals surface area contributed by atoms with Crippen molar-refractivity contribution in [3.8, 4) is 23.3 Å². The van der Waals surface area contributed by atoms with Crippen molar-refractivity contribution in [2.24, 2.45) is 0 Å². The van der Waals surface area contributed by atoms with Gasteiger partial charge in [0, 0.05) is 30.9 Å². The molecule has 0 aliphatic carbocycles. The number of nitrogens with zero attached hydrogens (tertiary/aromatic N) is 2. The van der Waals surface area contributed by atoms with Gasteiger partial charge < -0.3 is 14.8 Å². The van der Waals surface area contributed by atoms with Gasteiger partial charge >= 0.3 is 0 Å². The van der Waals surface area contributed by atoms with Crippen LogP contribution in [0.1, 0.15) is 17.3 Å². The summed E-state index contributed by atoms with van der Waals surface area (Å²) in [7, 11) is 3.25. The van der Waals surface area contributed by atoms with Crippen molar-refractivity contribution in [1.82, 2.24) is 15.1 Å². The van der Waals surface area contributed by atoms with E-state index in [0.29, 0.717) is 6.04 Å². The number of hydrogen-bond donors (Lipinski definition) is 1. The Hall–Kier alpha value is -2.45. The molecule has 0 unspecified atom stereocenters. The number of ether oxygens (including phenoxy) is 2. The lowest BCUT2D eigenvalue weighted by molar-refractivity contribution is 0.318. The molecule has 21 heavy (non-hydrogen) atoms. The van der Waals surface area contributed by atoms with E-state index in [0.717, 1.165) is 35.8 Å². The van der Waals surface area contributed by atoms with E-state index >= 15 is 0 Å². The lowest BCUT2D eigenvalue weighted by Crippen LogP contribution is -2.43. The Morgan fingerprint density at radius 2 is 1.86 bits per heavy atom. The third-order valence-corrected chi connectivity index (χ3v) is 3.43. The second kappa shape index (κ2) is 5.90. The van der Waals surface area contributed by atoms with Gasteiger partial charge in [-0.15, -0.1) is 0 Å². The first kappa shape index (κ1) is 13.5. The van der Waals surface area contributed by atoms with Gasteiger partial charge in [-0.3, -0.25) is 4.68 Å². The van der Waals surface area contributed by atoms with Gasteiger partial charge in [-0.2, -0.15) is 5.10 Å². The predicted molar refractivity (Wildman–Crippen MR) is 79.7 cm³/mol. The average molecular weight is 283 g/mol. The quantitative estimate of drug-likeness (QED) is 0.866. The molecule has 2 heterocycles. The molecular weight excluding hydrogens is 266 g/mol. The van der Waals surface area contributed by atoms with Crippen molar-refractivity contribution in [2.75, 3.05) is 27.3 Å². The van der Waals surface area contributed by atoms with E-state index in [-0.39, 0.29) is 0 Å². The maximum Gasteiger partial charge on any atom is 0.135 e. The van der Waals surface area contributed by atoms with Gasteiger partial charge in [0.2, 0.25) is 0 Å². The van der Waals surface area contributed by atoms with Crippen molar-refractivity contribution in [2.45, 2.75) is 6.04 Å². The van der Waals surface area contributed by atoms with E-state index in [1.165, 1.54) is 0 Å². The highest BCUT2D eigenvalue weighted by Gasteiger charge is 2.18. The van der Waals surface area contributed by atoms with Gasteiger partial charge in [0.05, 0.1) is 20.3 Å². The molecule has 0 saturated carbocycles. The Labute approximate surface area is 123 Å². The van der Waals surface area contributed by atoms with Crippen LogP contribution in [0.15, 0.2) is 30.5 Å². The molecule has 1 aliphatic heterocycles. The molecule has 0 bridgehead atoms. The summed E-state index contributed by atoms with van der Waals surface area (Å²) in [5, 5.41) is 7.70. The molecule has 2 aromatic rings. The van der Waals surface area contributed by atoms with Crippen LogP contribution in [0.3, 0.4) is 0 Å². The first-order valence-corrected chi connectivity index (χ1v) is 6.79. The third kappa shape index (κ3) is 3.01. The highest BCUT2D eigenvalue weighted by Crippen LogP contribution is 2.21. The van der Waals surface area contributed by atoms with Gasteiger partial charge in [-0.25, -0.2) is 0 Å². The van der Waals surface area contributed by atoms with E-state index in [1.54, 1.807) is 14.2 Å². The second-order valence-electron chi connectivity index (χ2n) is 4.84. The van der Waals surface area contributed by atoms with E-state index in [4.69, 9.17) is 9.47 Å². The SMILES string of the molecule is COc1cc(C#Cc2ccn(C3CNC3)n2)cc(OC)c1. The standard InChI is InChI=1S/C16H17N3O2/c1-20-15-7-12(8-16(9-15)21-2)3-4-13-5-6-19(18-13)14-10-17-11-14/h5-9,14,17H,10-11H2,1-2H3. The molecule has 0 atom stereocenters. The van der Waals surface area contributed by atoms with Gasteiger partial charge in [0.1, 0.15) is 17.2 Å². The monoisotopic (exact) mass is 283 g/mol. The summed E-state index contributed by atoms with van der Waals surface area (Å²) < 4.78 is 12.4.